The zero-order valence-electron chi connectivity index (χ0n) is 23.3. The lowest BCUT2D eigenvalue weighted by molar-refractivity contribution is -0.200. The van der Waals surface area contributed by atoms with E-state index < -0.39 is 11.7 Å². The van der Waals surface area contributed by atoms with E-state index in [9.17, 15) is 9.59 Å². The lowest BCUT2D eigenvalue weighted by atomic mass is 9.59. The molecule has 10 atom stereocenters. The summed E-state index contributed by atoms with van der Waals surface area (Å²) in [5.74, 6) is 1.02. The van der Waals surface area contributed by atoms with E-state index in [1.165, 1.54) is 31.8 Å². The van der Waals surface area contributed by atoms with Gasteiger partial charge < -0.3 is 18.9 Å². The first-order valence-electron chi connectivity index (χ1n) is 14.5. The first-order valence-corrected chi connectivity index (χ1v) is 14.5. The second-order valence-electron chi connectivity index (χ2n) is 12.3. The summed E-state index contributed by atoms with van der Waals surface area (Å²) in [4.78, 5) is 25.1. The van der Waals surface area contributed by atoms with Gasteiger partial charge in [0.2, 0.25) is 0 Å². The quantitative estimate of drug-likeness (QED) is 0.229. The molecule has 3 heterocycles. The molecular formula is C30H48O6. The molecule has 0 aromatic carbocycles. The number of carbonyl (C=O) groups is 2. The summed E-state index contributed by atoms with van der Waals surface area (Å²) >= 11 is 0. The predicted octanol–water partition coefficient (Wildman–Crippen LogP) is 6.01. The van der Waals surface area contributed by atoms with Crippen LogP contribution in [-0.2, 0) is 28.5 Å². The van der Waals surface area contributed by atoms with Gasteiger partial charge >= 0.3 is 11.9 Å². The summed E-state index contributed by atoms with van der Waals surface area (Å²) in [6, 6.07) is 0. The summed E-state index contributed by atoms with van der Waals surface area (Å²) in [5.41, 5.74) is 0.478. The topological polar surface area (TPSA) is 71.1 Å². The van der Waals surface area contributed by atoms with Crippen LogP contribution in [0.2, 0.25) is 0 Å². The van der Waals surface area contributed by atoms with Crippen LogP contribution in [-0.4, -0.2) is 48.6 Å². The molecule has 0 N–H and O–H groups in total. The molecule has 3 aliphatic heterocycles. The third-order valence-electron chi connectivity index (χ3n) is 9.48. The molecule has 4 aliphatic rings. The molecule has 0 aromatic heterocycles. The molecule has 0 radical (unpaired) electrons. The molecule has 3 fully saturated rings. The van der Waals surface area contributed by atoms with Crippen LogP contribution >= 0.6 is 0 Å². The second-order valence-corrected chi connectivity index (χ2v) is 12.3. The van der Waals surface area contributed by atoms with Crippen LogP contribution in [0.25, 0.3) is 0 Å². The van der Waals surface area contributed by atoms with Gasteiger partial charge in [-0.15, -0.1) is 0 Å². The average molecular weight is 505 g/mol. The van der Waals surface area contributed by atoms with E-state index in [1.54, 1.807) is 0 Å². The van der Waals surface area contributed by atoms with Crippen LogP contribution in [0, 0.1) is 29.6 Å². The highest BCUT2D eigenvalue weighted by Crippen LogP contribution is 2.57. The summed E-state index contributed by atoms with van der Waals surface area (Å²) in [6.07, 6.45) is 9.87. The molecule has 2 bridgehead atoms. The molecule has 36 heavy (non-hydrogen) atoms. The zero-order valence-corrected chi connectivity index (χ0v) is 23.3. The fraction of sp³-hybridized carbons (Fsp3) is 0.867. The molecule has 0 amide bonds. The largest absolute Gasteiger partial charge is 0.462 e. The van der Waals surface area contributed by atoms with Crippen molar-refractivity contribution < 1.29 is 28.5 Å². The standard InChI is InChI=1S/C30H48O6/c1-7-8-9-10-11-12-25(32)36-28-19(3)16-22-20(4)17-33-30(6)24(34-21(5)31)14-13-18(2)15-23-27(28)26(22)29(30)35-23/h13,19-20,22-24,26-29H,7-12,14-17H2,1-6H3/b18-13+/t19-,20+,22?,23+,24-,26+,27+,28-,29+,30+/m1/s1. The van der Waals surface area contributed by atoms with Gasteiger partial charge in [-0.1, -0.05) is 58.1 Å². The van der Waals surface area contributed by atoms with Crippen molar-refractivity contribution in [3.63, 3.8) is 0 Å². The summed E-state index contributed by atoms with van der Waals surface area (Å²) in [7, 11) is 0. The zero-order chi connectivity index (χ0) is 26.0. The highest BCUT2D eigenvalue weighted by atomic mass is 16.6. The third-order valence-corrected chi connectivity index (χ3v) is 9.48. The Balaban J connectivity index is 1.63. The van der Waals surface area contributed by atoms with Crippen molar-refractivity contribution in [1.82, 2.24) is 0 Å². The molecule has 204 valence electrons. The highest BCUT2D eigenvalue weighted by Gasteiger charge is 2.65. The van der Waals surface area contributed by atoms with Gasteiger partial charge in [0, 0.05) is 31.6 Å². The number of ether oxygens (including phenoxy) is 4. The Hall–Kier alpha value is -1.40. The molecule has 6 heteroatoms. The Kier molecular flexibility index (Phi) is 8.87. The van der Waals surface area contributed by atoms with E-state index in [2.05, 4.69) is 40.7 Å². The maximum Gasteiger partial charge on any atom is 0.306 e. The third kappa shape index (κ3) is 5.55. The van der Waals surface area contributed by atoms with Crippen LogP contribution in [0.3, 0.4) is 0 Å². The SMILES string of the molecule is CCCCCCCC(=O)O[C@H]1[C@@H]2[C@@H]3C(C[C@H]1C)[C@@H](C)CO[C@@]1(C)[C@H](OC(C)=O)C/C=C(\C)C[C@@H]2O[C@@H]31. The maximum atomic E-state index is 13.0. The molecule has 2 saturated heterocycles. The van der Waals surface area contributed by atoms with E-state index in [1.807, 2.05) is 0 Å². The Morgan fingerprint density at radius 2 is 1.83 bits per heavy atom. The van der Waals surface area contributed by atoms with Gasteiger partial charge in [0.25, 0.3) is 0 Å². The van der Waals surface area contributed by atoms with Crippen molar-refractivity contribution in [2.45, 2.75) is 129 Å². The number of esters is 2. The van der Waals surface area contributed by atoms with Crippen molar-refractivity contribution in [1.29, 1.82) is 0 Å². The Labute approximate surface area is 217 Å². The minimum Gasteiger partial charge on any atom is -0.462 e. The molecule has 6 nitrogen and oxygen atoms in total. The molecule has 1 aliphatic carbocycles. The number of hydrogen-bond acceptors (Lipinski definition) is 6. The van der Waals surface area contributed by atoms with Gasteiger partial charge in [0.15, 0.2) is 0 Å². The lowest BCUT2D eigenvalue weighted by Gasteiger charge is -2.47. The normalized spacial score (nSPS) is 43.3. The lowest BCUT2D eigenvalue weighted by Crippen LogP contribution is -2.57. The number of fused-ring (bicyclic) bond motifs is 2. The molecule has 4 rings (SSSR count). The minimum absolute atomic E-state index is 0.0341. The Bertz CT molecular complexity index is 822. The first-order chi connectivity index (χ1) is 17.2. The smallest absolute Gasteiger partial charge is 0.306 e. The summed E-state index contributed by atoms with van der Waals surface area (Å²) in [5, 5.41) is 0. The van der Waals surface area contributed by atoms with Gasteiger partial charge in [-0.2, -0.15) is 0 Å². The molecule has 1 saturated carbocycles. The second kappa shape index (κ2) is 11.6. The van der Waals surface area contributed by atoms with Gasteiger partial charge in [0.1, 0.15) is 17.8 Å². The van der Waals surface area contributed by atoms with Gasteiger partial charge in [-0.3, -0.25) is 9.59 Å². The van der Waals surface area contributed by atoms with Crippen LogP contribution in [0.15, 0.2) is 11.6 Å². The monoisotopic (exact) mass is 504 g/mol. The Morgan fingerprint density at radius 1 is 1.08 bits per heavy atom. The van der Waals surface area contributed by atoms with Gasteiger partial charge in [-0.25, -0.2) is 0 Å². The van der Waals surface area contributed by atoms with E-state index in [-0.39, 0.29) is 48.0 Å². The van der Waals surface area contributed by atoms with E-state index >= 15 is 0 Å². The predicted molar refractivity (Wildman–Crippen MR) is 138 cm³/mol. The Morgan fingerprint density at radius 3 is 2.56 bits per heavy atom. The fourth-order valence-corrected chi connectivity index (χ4v) is 7.55. The van der Waals surface area contributed by atoms with Crippen LogP contribution < -0.4 is 0 Å². The van der Waals surface area contributed by atoms with Crippen molar-refractivity contribution in [2.75, 3.05) is 6.61 Å². The molecule has 0 spiro atoms. The van der Waals surface area contributed by atoms with Crippen molar-refractivity contribution >= 4 is 11.9 Å². The number of hydrogen-bond donors (Lipinski definition) is 0. The van der Waals surface area contributed by atoms with Crippen molar-refractivity contribution in [2.24, 2.45) is 29.6 Å². The van der Waals surface area contributed by atoms with Gasteiger partial charge in [-0.05, 0) is 50.9 Å². The van der Waals surface area contributed by atoms with Crippen molar-refractivity contribution in [3.05, 3.63) is 11.6 Å². The molecule has 1 unspecified atom stereocenters. The van der Waals surface area contributed by atoms with Crippen molar-refractivity contribution in [3.8, 4) is 0 Å². The number of carbonyl (C=O) groups excluding carboxylic acids is 2. The van der Waals surface area contributed by atoms with Crippen LogP contribution in [0.1, 0.15) is 99.3 Å². The van der Waals surface area contributed by atoms with Gasteiger partial charge in [0.05, 0.1) is 18.8 Å². The van der Waals surface area contributed by atoms with E-state index in [0.29, 0.717) is 31.3 Å². The molecular weight excluding hydrogens is 456 g/mol. The molecule has 0 aromatic rings. The number of rotatable bonds is 8. The maximum absolute atomic E-state index is 13.0. The average Bonchev–Trinajstić information content (AvgIpc) is 3.17. The van der Waals surface area contributed by atoms with Crippen LogP contribution in [0.5, 0.6) is 0 Å². The number of unbranched alkanes of at least 4 members (excludes halogenated alkanes) is 4. The van der Waals surface area contributed by atoms with E-state index in [0.717, 1.165) is 25.7 Å². The minimum atomic E-state index is -0.748. The van der Waals surface area contributed by atoms with Crippen LogP contribution in [0.4, 0.5) is 0 Å². The van der Waals surface area contributed by atoms with E-state index in [4.69, 9.17) is 18.9 Å². The fourth-order valence-electron chi connectivity index (χ4n) is 7.55. The summed E-state index contributed by atoms with van der Waals surface area (Å²) in [6.45, 7) is 13.0. The first kappa shape index (κ1) is 27.6. The summed E-state index contributed by atoms with van der Waals surface area (Å²) < 4.78 is 25.8. The highest BCUT2D eigenvalue weighted by molar-refractivity contribution is 5.69.